The van der Waals surface area contributed by atoms with Crippen LogP contribution in [0.1, 0.15) is 15.9 Å². The van der Waals surface area contributed by atoms with Crippen LogP contribution in [-0.2, 0) is 21.3 Å². The number of sulfonamides is 1. The van der Waals surface area contributed by atoms with Crippen molar-refractivity contribution in [3.05, 3.63) is 78.2 Å². The van der Waals surface area contributed by atoms with Gasteiger partial charge in [0, 0.05) is 30.7 Å². The first-order chi connectivity index (χ1) is 13.0. The van der Waals surface area contributed by atoms with Gasteiger partial charge in [0.1, 0.15) is 0 Å². The Bertz CT molecular complexity index is 1040. The Morgan fingerprint density at radius 2 is 1.74 bits per heavy atom. The van der Waals surface area contributed by atoms with Crippen LogP contribution in [0.15, 0.2) is 72.0 Å². The van der Waals surface area contributed by atoms with E-state index in [2.05, 4.69) is 19.4 Å². The largest absolute Gasteiger partial charge is 0.465 e. The van der Waals surface area contributed by atoms with E-state index in [4.69, 9.17) is 0 Å². The van der Waals surface area contributed by atoms with Gasteiger partial charge in [0.05, 0.1) is 23.3 Å². The molecule has 0 aliphatic rings. The lowest BCUT2D eigenvalue weighted by atomic mass is 10.1. The lowest BCUT2D eigenvalue weighted by Gasteiger charge is -2.09. The van der Waals surface area contributed by atoms with Crippen molar-refractivity contribution >= 4 is 16.0 Å². The predicted octanol–water partition coefficient (Wildman–Crippen LogP) is 2.41. The smallest absolute Gasteiger partial charge is 0.337 e. The molecule has 0 unspecified atom stereocenters. The van der Waals surface area contributed by atoms with Crippen LogP contribution in [0.4, 0.5) is 0 Å². The van der Waals surface area contributed by atoms with Gasteiger partial charge in [-0.05, 0) is 54.1 Å². The van der Waals surface area contributed by atoms with Crippen molar-refractivity contribution in [1.82, 2.24) is 14.7 Å². The number of benzene rings is 1. The Hall–Kier alpha value is -3.10. The molecule has 0 radical (unpaired) electrons. The van der Waals surface area contributed by atoms with Crippen molar-refractivity contribution in [2.45, 2.75) is 11.4 Å². The molecule has 27 heavy (non-hydrogen) atoms. The number of hydrogen-bond donors (Lipinski definition) is 1. The maximum Gasteiger partial charge on any atom is 0.337 e. The SMILES string of the molecule is COC(=O)c1ccc(S(=O)(=O)NCc2ccnc(-c3ccncc3)c2)cc1. The van der Waals surface area contributed by atoms with Crippen molar-refractivity contribution in [3.63, 3.8) is 0 Å². The minimum absolute atomic E-state index is 0.0681. The molecule has 0 amide bonds. The van der Waals surface area contributed by atoms with E-state index < -0.39 is 16.0 Å². The summed E-state index contributed by atoms with van der Waals surface area (Å²) in [6.45, 7) is 0.113. The third-order valence-electron chi connectivity index (χ3n) is 3.85. The number of pyridine rings is 2. The minimum Gasteiger partial charge on any atom is -0.465 e. The number of hydrogen-bond acceptors (Lipinski definition) is 6. The molecule has 0 aliphatic heterocycles. The molecule has 2 heterocycles. The second kappa shape index (κ2) is 8.07. The topological polar surface area (TPSA) is 98.2 Å². The summed E-state index contributed by atoms with van der Waals surface area (Å²) in [6.07, 6.45) is 4.97. The van der Waals surface area contributed by atoms with Gasteiger partial charge >= 0.3 is 5.97 Å². The molecule has 1 N–H and O–H groups in total. The number of ether oxygens (including phenoxy) is 1. The van der Waals surface area contributed by atoms with Gasteiger partial charge in [-0.3, -0.25) is 9.97 Å². The van der Waals surface area contributed by atoms with Crippen LogP contribution in [0.2, 0.25) is 0 Å². The number of aromatic nitrogens is 2. The predicted molar refractivity (Wildman–Crippen MR) is 99.3 cm³/mol. The summed E-state index contributed by atoms with van der Waals surface area (Å²) in [7, 11) is -2.45. The van der Waals surface area contributed by atoms with Gasteiger partial charge in [-0.15, -0.1) is 0 Å². The zero-order valence-corrected chi connectivity index (χ0v) is 15.3. The Morgan fingerprint density at radius 1 is 1.04 bits per heavy atom. The summed E-state index contributed by atoms with van der Waals surface area (Å²) in [5.41, 5.74) is 2.68. The maximum atomic E-state index is 12.5. The molecule has 0 saturated heterocycles. The molecule has 3 aromatic rings. The zero-order chi connectivity index (χ0) is 19.3. The third-order valence-corrected chi connectivity index (χ3v) is 5.27. The van der Waals surface area contributed by atoms with E-state index >= 15 is 0 Å². The van der Waals surface area contributed by atoms with Gasteiger partial charge in [0.15, 0.2) is 0 Å². The highest BCUT2D eigenvalue weighted by Crippen LogP contribution is 2.17. The molecule has 0 saturated carbocycles. The molecule has 3 rings (SSSR count). The Labute approximate surface area is 157 Å². The average Bonchev–Trinajstić information content (AvgIpc) is 2.73. The van der Waals surface area contributed by atoms with Crippen molar-refractivity contribution in [2.75, 3.05) is 7.11 Å². The molecule has 7 nitrogen and oxygen atoms in total. The fraction of sp³-hybridized carbons (Fsp3) is 0.105. The third kappa shape index (κ3) is 4.55. The monoisotopic (exact) mass is 383 g/mol. The van der Waals surface area contributed by atoms with Crippen LogP contribution >= 0.6 is 0 Å². The summed E-state index contributed by atoms with van der Waals surface area (Å²) in [6, 6.07) is 12.8. The van der Waals surface area contributed by atoms with E-state index in [0.717, 1.165) is 16.8 Å². The number of esters is 1. The first-order valence-corrected chi connectivity index (χ1v) is 9.51. The van der Waals surface area contributed by atoms with Crippen molar-refractivity contribution < 1.29 is 17.9 Å². The highest BCUT2D eigenvalue weighted by atomic mass is 32.2. The molecule has 0 spiro atoms. The summed E-state index contributed by atoms with van der Waals surface area (Å²) in [5.74, 6) is -0.521. The van der Waals surface area contributed by atoms with Crippen LogP contribution in [0.3, 0.4) is 0 Å². The van der Waals surface area contributed by atoms with Crippen LogP contribution < -0.4 is 4.72 Å². The van der Waals surface area contributed by atoms with Gasteiger partial charge < -0.3 is 4.74 Å². The van der Waals surface area contributed by atoms with Crippen molar-refractivity contribution in [3.8, 4) is 11.3 Å². The van der Waals surface area contributed by atoms with Crippen LogP contribution in [0, 0.1) is 0 Å². The first-order valence-electron chi connectivity index (χ1n) is 8.03. The Balaban J connectivity index is 1.73. The fourth-order valence-electron chi connectivity index (χ4n) is 2.41. The molecule has 0 aliphatic carbocycles. The highest BCUT2D eigenvalue weighted by Gasteiger charge is 2.15. The number of carbonyl (C=O) groups is 1. The zero-order valence-electron chi connectivity index (χ0n) is 14.5. The van der Waals surface area contributed by atoms with Crippen LogP contribution in [0.5, 0.6) is 0 Å². The number of nitrogens with zero attached hydrogens (tertiary/aromatic N) is 2. The minimum atomic E-state index is -3.72. The molecule has 0 bridgehead atoms. The highest BCUT2D eigenvalue weighted by molar-refractivity contribution is 7.89. The van der Waals surface area contributed by atoms with Gasteiger partial charge in [-0.25, -0.2) is 17.9 Å². The quantitative estimate of drug-likeness (QED) is 0.657. The average molecular weight is 383 g/mol. The molecule has 138 valence electrons. The fourth-order valence-corrected chi connectivity index (χ4v) is 3.43. The standard InChI is InChI=1S/C19H17N3O4S/c1-26-19(23)16-2-4-17(5-3-16)27(24,25)22-13-14-6-11-21-18(12-14)15-7-9-20-10-8-15/h2-12,22H,13H2,1H3. The molecule has 0 atom stereocenters. The van der Waals surface area contributed by atoms with Gasteiger partial charge in [-0.2, -0.15) is 0 Å². The molecule has 0 fully saturated rings. The van der Waals surface area contributed by atoms with Gasteiger partial charge in [0.25, 0.3) is 0 Å². The normalized spacial score (nSPS) is 11.1. The second-order valence-electron chi connectivity index (χ2n) is 5.63. The molecular weight excluding hydrogens is 366 g/mol. The van der Waals surface area contributed by atoms with Gasteiger partial charge in [-0.1, -0.05) is 0 Å². The van der Waals surface area contributed by atoms with E-state index in [1.165, 1.54) is 31.4 Å². The molecule has 8 heteroatoms. The van der Waals surface area contributed by atoms with Crippen molar-refractivity contribution in [2.24, 2.45) is 0 Å². The molecular formula is C19H17N3O4S. The first kappa shape index (κ1) is 18.7. The Kier molecular flexibility index (Phi) is 5.58. The van der Waals surface area contributed by atoms with Crippen LogP contribution in [0.25, 0.3) is 11.3 Å². The van der Waals surface area contributed by atoms with E-state index in [1.54, 1.807) is 24.7 Å². The van der Waals surface area contributed by atoms with E-state index in [9.17, 15) is 13.2 Å². The summed E-state index contributed by atoms with van der Waals surface area (Å²) in [4.78, 5) is 19.8. The second-order valence-corrected chi connectivity index (χ2v) is 7.39. The maximum absolute atomic E-state index is 12.5. The Morgan fingerprint density at radius 3 is 2.41 bits per heavy atom. The summed E-state index contributed by atoms with van der Waals surface area (Å²) >= 11 is 0. The lowest BCUT2D eigenvalue weighted by molar-refractivity contribution is 0.0600. The van der Waals surface area contributed by atoms with Crippen molar-refractivity contribution in [1.29, 1.82) is 0 Å². The molecule has 1 aromatic carbocycles. The van der Waals surface area contributed by atoms with Crippen LogP contribution in [-0.4, -0.2) is 31.5 Å². The number of methoxy groups -OCH3 is 1. The lowest BCUT2D eigenvalue weighted by Crippen LogP contribution is -2.23. The number of rotatable bonds is 6. The summed E-state index contributed by atoms with van der Waals surface area (Å²) in [5, 5.41) is 0. The van der Waals surface area contributed by atoms with E-state index in [-0.39, 0.29) is 17.0 Å². The number of nitrogens with one attached hydrogen (secondary N) is 1. The van der Waals surface area contributed by atoms with E-state index in [0.29, 0.717) is 0 Å². The molecule has 2 aromatic heterocycles. The summed E-state index contributed by atoms with van der Waals surface area (Å²) < 4.78 is 32.1. The van der Waals surface area contributed by atoms with E-state index in [1.807, 2.05) is 18.2 Å². The number of carbonyl (C=O) groups excluding carboxylic acids is 1. The van der Waals surface area contributed by atoms with Gasteiger partial charge in [0.2, 0.25) is 10.0 Å².